The summed E-state index contributed by atoms with van der Waals surface area (Å²) in [6.07, 6.45) is 3.82. The highest BCUT2D eigenvalue weighted by molar-refractivity contribution is 6.07. The number of carbonyl (C=O) groups excluding carboxylic acids is 1. The molecule has 2 N–H and O–H groups in total. The Morgan fingerprint density at radius 2 is 1.36 bits per heavy atom. The Hall–Kier alpha value is -4.00. The highest BCUT2D eigenvalue weighted by Crippen LogP contribution is 2.30. The van der Waals surface area contributed by atoms with Crippen molar-refractivity contribution in [1.82, 2.24) is 10.3 Å². The van der Waals surface area contributed by atoms with Crippen LogP contribution in [-0.4, -0.2) is 28.9 Å². The van der Waals surface area contributed by atoms with E-state index in [-0.39, 0.29) is 11.3 Å². The van der Waals surface area contributed by atoms with E-state index in [4.69, 9.17) is 4.98 Å². The van der Waals surface area contributed by atoms with Gasteiger partial charge in [-0.05, 0) is 31.0 Å². The average Bonchev–Trinajstić information content (AvgIpc) is 2.84. The van der Waals surface area contributed by atoms with Crippen molar-refractivity contribution in [3.63, 3.8) is 0 Å². The summed E-state index contributed by atoms with van der Waals surface area (Å²) in [4.78, 5) is 27.5. The molecule has 0 bridgehead atoms. The molecular weight excluding hydrogens is 416 g/mol. The van der Waals surface area contributed by atoms with Gasteiger partial charge in [0.2, 0.25) is 0 Å². The third-order valence-electron chi connectivity index (χ3n) is 5.62. The summed E-state index contributed by atoms with van der Waals surface area (Å²) >= 11 is 0. The lowest BCUT2D eigenvalue weighted by molar-refractivity contribution is -0.385. The van der Waals surface area contributed by atoms with Gasteiger partial charge in [0.25, 0.3) is 11.6 Å². The summed E-state index contributed by atoms with van der Waals surface area (Å²) in [6, 6.07) is 22.3. The van der Waals surface area contributed by atoms with Gasteiger partial charge in [-0.15, -0.1) is 0 Å². The minimum Gasteiger partial charge on any atom is -0.384 e. The van der Waals surface area contributed by atoms with Crippen molar-refractivity contribution in [3.05, 3.63) is 88.5 Å². The number of nitrogens with one attached hydrogen (secondary N) is 2. The van der Waals surface area contributed by atoms with E-state index in [1.165, 1.54) is 12.1 Å². The van der Waals surface area contributed by atoms with Gasteiger partial charge in [0.1, 0.15) is 5.56 Å². The van der Waals surface area contributed by atoms with E-state index in [1.807, 2.05) is 36.4 Å². The number of hydrogen-bond donors (Lipinski definition) is 2. The number of fused-ring (bicyclic) bond motifs is 2. The fourth-order valence-corrected chi connectivity index (χ4v) is 3.97. The van der Waals surface area contributed by atoms with Crippen LogP contribution in [0.2, 0.25) is 0 Å². The topological polar surface area (TPSA) is 97.2 Å². The largest absolute Gasteiger partial charge is 0.384 e. The van der Waals surface area contributed by atoms with Crippen molar-refractivity contribution in [2.45, 2.75) is 25.7 Å². The number of rotatable bonds is 10. The fourth-order valence-electron chi connectivity index (χ4n) is 3.97. The number of nitro groups is 1. The minimum atomic E-state index is -0.531. The zero-order valence-electron chi connectivity index (χ0n) is 18.3. The number of nitrogens with zero attached hydrogens (tertiary/aromatic N) is 2. The first-order chi connectivity index (χ1) is 16.1. The third-order valence-corrected chi connectivity index (χ3v) is 5.62. The maximum absolute atomic E-state index is 12.2. The number of pyridine rings is 1. The van der Waals surface area contributed by atoms with Gasteiger partial charge in [-0.1, -0.05) is 61.4 Å². The van der Waals surface area contributed by atoms with Crippen LogP contribution in [0.25, 0.3) is 21.8 Å². The van der Waals surface area contributed by atoms with Crippen molar-refractivity contribution in [1.29, 1.82) is 0 Å². The summed E-state index contributed by atoms with van der Waals surface area (Å²) in [5.74, 6) is -0.402. The second-order valence-electron chi connectivity index (χ2n) is 7.89. The highest BCUT2D eigenvalue weighted by Gasteiger charge is 2.18. The predicted molar refractivity (Wildman–Crippen MR) is 132 cm³/mol. The molecule has 168 valence electrons. The van der Waals surface area contributed by atoms with Gasteiger partial charge >= 0.3 is 0 Å². The maximum Gasteiger partial charge on any atom is 0.282 e. The van der Waals surface area contributed by atoms with Crippen LogP contribution in [0.1, 0.15) is 36.0 Å². The van der Waals surface area contributed by atoms with Gasteiger partial charge in [0.05, 0.1) is 21.6 Å². The number of aromatic nitrogens is 1. The van der Waals surface area contributed by atoms with Crippen LogP contribution in [-0.2, 0) is 0 Å². The zero-order chi connectivity index (χ0) is 23.0. The number of benzene rings is 3. The number of unbranched alkanes of at least 4 members (excludes halogenated alkanes) is 3. The van der Waals surface area contributed by atoms with Gasteiger partial charge in [-0.2, -0.15) is 0 Å². The van der Waals surface area contributed by atoms with Crippen LogP contribution in [0, 0.1) is 10.1 Å². The molecule has 0 fully saturated rings. The Bertz CT molecular complexity index is 1240. The molecule has 0 saturated carbocycles. The Morgan fingerprint density at radius 1 is 0.788 bits per heavy atom. The lowest BCUT2D eigenvalue weighted by Crippen LogP contribution is -2.25. The standard InChI is InChI=1S/C26H26N4O3/c31-26(21-13-5-8-16-24(21)30(32)33)28-18-10-2-1-9-17-27-25-19-11-3-6-14-22(19)29-23-15-7-4-12-20(23)25/h3-8,11-16H,1-2,9-10,17-18H2,(H,27,29)(H,28,31). The first-order valence-corrected chi connectivity index (χ1v) is 11.2. The number of amides is 1. The number of para-hydroxylation sites is 3. The quantitative estimate of drug-likeness (QED) is 0.142. The highest BCUT2D eigenvalue weighted by atomic mass is 16.6. The Balaban J connectivity index is 1.24. The Labute approximate surface area is 192 Å². The first-order valence-electron chi connectivity index (χ1n) is 11.2. The van der Waals surface area contributed by atoms with Crippen molar-refractivity contribution in [3.8, 4) is 0 Å². The van der Waals surface area contributed by atoms with Crippen LogP contribution >= 0.6 is 0 Å². The molecule has 0 aliphatic carbocycles. The Kier molecular flexibility index (Phi) is 7.09. The van der Waals surface area contributed by atoms with Gasteiger partial charge in [0.15, 0.2) is 0 Å². The SMILES string of the molecule is O=C(NCCCCCCNc1c2ccccc2nc2ccccc12)c1ccccc1[N+](=O)[O-]. The average molecular weight is 443 g/mol. The summed E-state index contributed by atoms with van der Waals surface area (Å²) in [5, 5.41) is 19.7. The monoisotopic (exact) mass is 442 g/mol. The molecule has 1 aromatic heterocycles. The molecule has 1 heterocycles. The van der Waals surface area contributed by atoms with Crippen molar-refractivity contribution in [2.75, 3.05) is 18.4 Å². The van der Waals surface area contributed by atoms with E-state index in [0.717, 1.165) is 59.7 Å². The lowest BCUT2D eigenvalue weighted by atomic mass is 10.1. The number of anilines is 1. The molecule has 4 aromatic rings. The van der Waals surface area contributed by atoms with Gasteiger partial charge < -0.3 is 10.6 Å². The summed E-state index contributed by atoms with van der Waals surface area (Å²) < 4.78 is 0. The maximum atomic E-state index is 12.2. The van der Waals surface area contributed by atoms with E-state index < -0.39 is 10.8 Å². The summed E-state index contributed by atoms with van der Waals surface area (Å²) in [7, 11) is 0. The molecule has 7 nitrogen and oxygen atoms in total. The third kappa shape index (κ3) is 5.26. The van der Waals surface area contributed by atoms with Crippen LogP contribution in [0.15, 0.2) is 72.8 Å². The molecule has 0 radical (unpaired) electrons. The van der Waals surface area contributed by atoms with E-state index >= 15 is 0 Å². The van der Waals surface area contributed by atoms with Crippen molar-refractivity contribution >= 4 is 39.1 Å². The van der Waals surface area contributed by atoms with Crippen LogP contribution in [0.4, 0.5) is 11.4 Å². The molecule has 33 heavy (non-hydrogen) atoms. The fraction of sp³-hybridized carbons (Fsp3) is 0.231. The number of carbonyl (C=O) groups is 1. The molecule has 4 rings (SSSR count). The lowest BCUT2D eigenvalue weighted by Gasteiger charge is -2.13. The molecule has 0 saturated heterocycles. The molecule has 3 aromatic carbocycles. The summed E-state index contributed by atoms with van der Waals surface area (Å²) in [5.41, 5.74) is 3.01. The van der Waals surface area contributed by atoms with Gasteiger partial charge in [-0.3, -0.25) is 14.9 Å². The number of nitro benzene ring substituents is 1. The Morgan fingerprint density at radius 3 is 2.03 bits per heavy atom. The predicted octanol–water partition coefficient (Wildman–Crippen LogP) is 5.70. The molecular formula is C26H26N4O3. The van der Waals surface area contributed by atoms with E-state index in [1.54, 1.807) is 12.1 Å². The van der Waals surface area contributed by atoms with E-state index in [2.05, 4.69) is 22.8 Å². The molecule has 1 amide bonds. The smallest absolute Gasteiger partial charge is 0.282 e. The van der Waals surface area contributed by atoms with Crippen LogP contribution < -0.4 is 10.6 Å². The van der Waals surface area contributed by atoms with Crippen molar-refractivity contribution in [2.24, 2.45) is 0 Å². The molecule has 0 unspecified atom stereocenters. The van der Waals surface area contributed by atoms with E-state index in [0.29, 0.717) is 6.54 Å². The summed E-state index contributed by atoms with van der Waals surface area (Å²) in [6.45, 7) is 1.35. The second-order valence-corrected chi connectivity index (χ2v) is 7.89. The van der Waals surface area contributed by atoms with Gasteiger partial charge in [-0.25, -0.2) is 4.98 Å². The van der Waals surface area contributed by atoms with Crippen LogP contribution in [0.5, 0.6) is 0 Å². The molecule has 0 atom stereocenters. The molecule has 0 aliphatic heterocycles. The zero-order valence-corrected chi connectivity index (χ0v) is 18.3. The second kappa shape index (κ2) is 10.5. The molecule has 0 aliphatic rings. The molecule has 7 heteroatoms. The van der Waals surface area contributed by atoms with Gasteiger partial charge in [0, 0.05) is 29.9 Å². The van der Waals surface area contributed by atoms with E-state index in [9.17, 15) is 14.9 Å². The van der Waals surface area contributed by atoms with Crippen LogP contribution in [0.3, 0.4) is 0 Å². The van der Waals surface area contributed by atoms with Crippen molar-refractivity contribution < 1.29 is 9.72 Å². The molecule has 0 spiro atoms. The first kappa shape index (κ1) is 22.2. The normalized spacial score (nSPS) is 10.9. The number of hydrogen-bond acceptors (Lipinski definition) is 5. The minimum absolute atomic E-state index is 0.100.